The third-order valence-corrected chi connectivity index (χ3v) is 8.35. The first-order valence-electron chi connectivity index (χ1n) is 12.0. The Labute approximate surface area is 290 Å². The molecule has 0 atom stereocenters. The van der Waals surface area contributed by atoms with E-state index in [2.05, 4.69) is 4.74 Å². The molecule has 0 saturated heterocycles. The quantitative estimate of drug-likeness (QED) is 0.0246. The van der Waals surface area contributed by atoms with Gasteiger partial charge in [0.2, 0.25) is 17.4 Å². The van der Waals surface area contributed by atoms with E-state index in [1.807, 2.05) is 0 Å². The number of carboxylic acid groups (broad SMARTS) is 1. The molecule has 0 aromatic heterocycles. The largest absolute Gasteiger partial charge is 1.00 e. The average Bonchev–Trinajstić information content (AvgIpc) is 2.95. The number of nitrogens with two attached hydrogens (primary N) is 1. The number of carbonyl (C=O) groups excluding carboxylic acids is 1. The number of aromatic carboxylic acids is 1. The molecule has 5 rings (SSSR count). The molecule has 238 valence electrons. The number of hydrogen-bond acceptors (Lipinski definition) is 12. The number of esters is 1. The van der Waals surface area contributed by atoms with E-state index in [1.165, 1.54) is 0 Å². The Balaban J connectivity index is 0.00000312. The van der Waals surface area contributed by atoms with E-state index in [-0.39, 0.29) is 49.2 Å². The van der Waals surface area contributed by atoms with Crippen molar-refractivity contribution in [2.45, 2.75) is 9.79 Å². The molecule has 3 aromatic carbocycles. The van der Waals surface area contributed by atoms with Crippen LogP contribution in [0.2, 0.25) is 0 Å². The van der Waals surface area contributed by atoms with Crippen LogP contribution in [-0.2, 0) is 20.2 Å². The van der Waals surface area contributed by atoms with Crippen LogP contribution in [0.1, 0.15) is 20.7 Å². The molecular formula is C27H12F4Li2N2O11S2. The summed E-state index contributed by atoms with van der Waals surface area (Å²) in [7, 11) is -11.1. The number of nitrogens with one attached hydrogen (secondary N) is 1. The molecule has 3 aromatic rings. The fourth-order valence-electron chi connectivity index (χ4n) is 4.64. The van der Waals surface area contributed by atoms with Gasteiger partial charge in [0, 0.05) is 22.6 Å². The number of rotatable bonds is 6. The molecule has 0 radical (unpaired) electrons. The maximum Gasteiger partial charge on any atom is 1.00 e. The second-order valence-electron chi connectivity index (χ2n) is 9.32. The molecule has 1 heterocycles. The third-order valence-electron chi connectivity index (χ3n) is 6.52. The topological polar surface area (TPSA) is 241 Å². The average molecular weight is 694 g/mol. The van der Waals surface area contributed by atoms with Crippen molar-refractivity contribution in [1.82, 2.24) is 0 Å². The first-order chi connectivity index (χ1) is 21.3. The Hall–Kier alpha value is -4.18. The summed E-state index contributed by atoms with van der Waals surface area (Å²) in [5.41, 5.74) is 1.25. The van der Waals surface area contributed by atoms with Crippen molar-refractivity contribution in [3.8, 4) is 28.2 Å². The summed E-state index contributed by atoms with van der Waals surface area (Å²) in [4.78, 5) is 22.6. The summed E-state index contributed by atoms with van der Waals surface area (Å²) >= 11 is 0. The second kappa shape index (κ2) is 13.4. The van der Waals surface area contributed by atoms with Gasteiger partial charge in [-0.3, -0.25) is 5.41 Å². The minimum absolute atomic E-state index is 0. The van der Waals surface area contributed by atoms with Crippen LogP contribution in [0.3, 0.4) is 0 Å². The van der Waals surface area contributed by atoms with Crippen LogP contribution in [0, 0.1) is 28.7 Å². The van der Waals surface area contributed by atoms with E-state index in [1.54, 1.807) is 0 Å². The van der Waals surface area contributed by atoms with Crippen molar-refractivity contribution in [3.05, 3.63) is 88.3 Å². The zero-order chi connectivity index (χ0) is 34.0. The van der Waals surface area contributed by atoms with E-state index in [4.69, 9.17) is 15.6 Å². The summed E-state index contributed by atoms with van der Waals surface area (Å²) in [6, 6.07) is 5.95. The fraction of sp³-hybridized carbons (Fsp3) is 0. The van der Waals surface area contributed by atoms with Crippen LogP contribution in [-0.4, -0.2) is 43.0 Å². The smallest absolute Gasteiger partial charge is 0.744 e. The number of benzene rings is 4. The number of fused-ring (bicyclic) bond motifs is 2. The Morgan fingerprint density at radius 1 is 0.833 bits per heavy atom. The van der Waals surface area contributed by atoms with Gasteiger partial charge in [-0.2, -0.15) is 8.78 Å². The van der Waals surface area contributed by atoms with Gasteiger partial charge in [0.15, 0.2) is 23.0 Å². The SMILES string of the molecule is N=c1ccc2c(-c3ccc(C(=O)Oc4c(F)c(F)cc(F)c4F)cc3C(=O)O)c3ccc(N)c(S(=O)(=O)[O-])c3oc-2c1S(=O)(=O)[O-].[Li+].[Li+]. The Bertz CT molecular complexity index is 2420. The van der Waals surface area contributed by atoms with E-state index < -0.39 is 121 Å². The van der Waals surface area contributed by atoms with Crippen molar-refractivity contribution >= 4 is 48.8 Å². The molecule has 0 bridgehead atoms. The summed E-state index contributed by atoms with van der Waals surface area (Å²) in [5, 5.41) is 16.7. The van der Waals surface area contributed by atoms with Crippen LogP contribution in [0.25, 0.3) is 33.4 Å². The number of nitrogen functional groups attached to an aromatic ring is 1. The van der Waals surface area contributed by atoms with Gasteiger partial charge in [-0.15, -0.1) is 0 Å². The number of halogens is 4. The van der Waals surface area contributed by atoms with E-state index >= 15 is 0 Å². The Morgan fingerprint density at radius 2 is 1.40 bits per heavy atom. The number of ether oxygens (including phenoxy) is 1. The number of carbonyl (C=O) groups is 2. The van der Waals surface area contributed by atoms with Gasteiger partial charge < -0.3 is 29.1 Å². The number of anilines is 1. The summed E-state index contributed by atoms with van der Waals surface area (Å²) in [6.07, 6.45) is 0. The molecule has 0 amide bonds. The molecule has 4 N–H and O–H groups in total. The number of hydrogen-bond donors (Lipinski definition) is 3. The second-order valence-corrected chi connectivity index (χ2v) is 12.0. The molecule has 1 aliphatic heterocycles. The first kappa shape index (κ1) is 38.3. The third kappa shape index (κ3) is 6.59. The van der Waals surface area contributed by atoms with Crippen LogP contribution in [0.5, 0.6) is 5.75 Å². The van der Waals surface area contributed by atoms with Crippen molar-refractivity contribution in [2.75, 3.05) is 5.73 Å². The molecule has 13 nitrogen and oxygen atoms in total. The summed E-state index contributed by atoms with van der Waals surface area (Å²) in [5.74, 6) is -14.2. The van der Waals surface area contributed by atoms with E-state index in [9.17, 15) is 58.2 Å². The Morgan fingerprint density at radius 3 is 1.94 bits per heavy atom. The van der Waals surface area contributed by atoms with Crippen LogP contribution in [0.15, 0.2) is 62.7 Å². The normalized spacial score (nSPS) is 11.5. The van der Waals surface area contributed by atoms with Gasteiger partial charge in [-0.1, -0.05) is 6.07 Å². The molecule has 0 spiro atoms. The fourth-order valence-corrected chi connectivity index (χ4v) is 6.09. The minimum atomic E-state index is -5.56. The Kier molecular flexibility index (Phi) is 10.7. The van der Waals surface area contributed by atoms with Gasteiger partial charge in [0.25, 0.3) is 0 Å². The van der Waals surface area contributed by atoms with Crippen molar-refractivity contribution in [2.24, 2.45) is 0 Å². The van der Waals surface area contributed by atoms with Crippen LogP contribution in [0.4, 0.5) is 23.2 Å². The molecule has 2 aliphatic rings. The molecule has 0 saturated carbocycles. The summed E-state index contributed by atoms with van der Waals surface area (Å²) in [6.45, 7) is 0. The molecule has 0 unspecified atom stereocenters. The molecular weight excluding hydrogens is 682 g/mol. The van der Waals surface area contributed by atoms with E-state index in [0.717, 1.165) is 36.4 Å². The minimum Gasteiger partial charge on any atom is -0.744 e. The van der Waals surface area contributed by atoms with Crippen molar-refractivity contribution < 1.29 is 105 Å². The molecule has 48 heavy (non-hydrogen) atoms. The maximum absolute atomic E-state index is 14.1. The van der Waals surface area contributed by atoms with Crippen molar-refractivity contribution in [1.29, 1.82) is 5.41 Å². The monoisotopic (exact) mass is 694 g/mol. The van der Waals surface area contributed by atoms with E-state index in [0.29, 0.717) is 6.07 Å². The molecule has 1 aliphatic carbocycles. The zero-order valence-corrected chi connectivity index (χ0v) is 25.7. The van der Waals surface area contributed by atoms with Gasteiger partial charge in [0.05, 0.1) is 22.2 Å². The van der Waals surface area contributed by atoms with Crippen molar-refractivity contribution in [3.63, 3.8) is 0 Å². The zero-order valence-electron chi connectivity index (χ0n) is 24.1. The summed E-state index contributed by atoms with van der Waals surface area (Å²) < 4.78 is 138. The number of carboxylic acids is 1. The molecule has 0 fully saturated rings. The first-order valence-corrected chi connectivity index (χ1v) is 14.9. The van der Waals surface area contributed by atoms with Crippen LogP contribution >= 0.6 is 0 Å². The maximum atomic E-state index is 14.1. The molecule has 21 heteroatoms. The predicted molar refractivity (Wildman–Crippen MR) is 143 cm³/mol. The van der Waals surface area contributed by atoms with Crippen LogP contribution < -0.4 is 53.5 Å². The van der Waals surface area contributed by atoms with Gasteiger partial charge in [-0.25, -0.2) is 35.2 Å². The predicted octanol–water partition coefficient (Wildman–Crippen LogP) is -2.44. The van der Waals surface area contributed by atoms with Gasteiger partial charge >= 0.3 is 49.7 Å². The van der Waals surface area contributed by atoms with Gasteiger partial charge in [-0.05, 0) is 42.0 Å². The van der Waals surface area contributed by atoms with Gasteiger partial charge in [0.1, 0.15) is 30.0 Å². The standard InChI is InChI=1S/C27H14F4N2O11S2.2Li/c28-14-8-15(29)20(31)23(19(14)30)44-27(36)9-1-2-10(13(7-9)26(34)35)18-11-3-5-16(32)24(45(37,38)39)21(11)43-22-12(18)4-6-17(33)25(22)46(40,41)42;;/h1-8,32H,33H2,(H,34,35)(H,37,38,39)(H,40,41,42);;/q;2*+1/p-2.